The molecule has 0 bridgehead atoms. The van der Waals surface area contributed by atoms with Gasteiger partial charge in [0.2, 0.25) is 0 Å². The van der Waals surface area contributed by atoms with Crippen LogP contribution in [0.4, 0.5) is 5.82 Å². The first-order valence-electron chi connectivity index (χ1n) is 8.13. The minimum absolute atomic E-state index is 0.767. The Morgan fingerprint density at radius 1 is 1.12 bits per heavy atom. The van der Waals surface area contributed by atoms with E-state index in [4.69, 9.17) is 9.97 Å². The van der Waals surface area contributed by atoms with E-state index in [1.807, 2.05) is 19.1 Å². The Balaban J connectivity index is 1.72. The molecule has 0 aliphatic heterocycles. The molecule has 0 N–H and O–H groups in total. The third-order valence-corrected chi connectivity index (χ3v) is 5.10. The van der Waals surface area contributed by atoms with E-state index in [-0.39, 0.29) is 0 Å². The normalized spacial score (nSPS) is 13.1. The first kappa shape index (κ1) is 15.2. The molecular weight excluding hydrogens is 318 g/mol. The number of fused-ring (bicyclic) bond motifs is 1. The zero-order chi connectivity index (χ0) is 16.5. The Kier molecular flexibility index (Phi) is 3.98. The molecule has 3 aromatic heterocycles. The number of hydrogen-bond donors (Lipinski definition) is 0. The van der Waals surface area contributed by atoms with E-state index in [9.17, 15) is 0 Å². The summed E-state index contributed by atoms with van der Waals surface area (Å²) in [5.74, 6) is 1.82. The Morgan fingerprint density at radius 3 is 2.71 bits per heavy atom. The summed E-state index contributed by atoms with van der Waals surface area (Å²) in [6.45, 7) is 2.81. The topological polar surface area (TPSA) is 54.8 Å². The van der Waals surface area contributed by atoms with E-state index in [1.165, 1.54) is 11.3 Å². The van der Waals surface area contributed by atoms with Crippen LogP contribution in [0.5, 0.6) is 0 Å². The smallest absolute Gasteiger partial charge is 0.161 e. The number of pyridine rings is 1. The molecule has 24 heavy (non-hydrogen) atoms. The lowest BCUT2D eigenvalue weighted by Crippen LogP contribution is -2.20. The Labute approximate surface area is 145 Å². The zero-order valence-electron chi connectivity index (χ0n) is 13.9. The quantitative estimate of drug-likeness (QED) is 0.730. The molecule has 5 nitrogen and oxygen atoms in total. The number of rotatable bonds is 4. The van der Waals surface area contributed by atoms with Crippen molar-refractivity contribution in [1.29, 1.82) is 0 Å². The average Bonchev–Trinajstić information content (AvgIpc) is 3.23. The number of aromatic nitrogens is 4. The highest BCUT2D eigenvalue weighted by molar-refractivity contribution is 7.09. The van der Waals surface area contributed by atoms with Crippen LogP contribution in [0.1, 0.15) is 28.4 Å². The van der Waals surface area contributed by atoms with Crippen molar-refractivity contribution in [1.82, 2.24) is 19.9 Å². The summed E-state index contributed by atoms with van der Waals surface area (Å²) >= 11 is 1.69. The Hall–Kier alpha value is -2.34. The van der Waals surface area contributed by atoms with E-state index >= 15 is 0 Å². The second kappa shape index (κ2) is 6.28. The van der Waals surface area contributed by atoms with Gasteiger partial charge in [-0.15, -0.1) is 11.3 Å². The molecule has 0 atom stereocenters. The largest absolute Gasteiger partial charge is 0.353 e. The predicted octanol–water partition coefficient (Wildman–Crippen LogP) is 3.43. The molecule has 0 spiro atoms. The molecular formula is C18H19N5S. The maximum absolute atomic E-state index is 4.88. The molecule has 1 aliphatic rings. The second-order valence-electron chi connectivity index (χ2n) is 6.10. The van der Waals surface area contributed by atoms with Crippen molar-refractivity contribution in [3.05, 3.63) is 51.9 Å². The second-order valence-corrected chi connectivity index (χ2v) is 7.16. The lowest BCUT2D eigenvalue weighted by molar-refractivity contribution is 0.851. The van der Waals surface area contributed by atoms with Gasteiger partial charge in [-0.05, 0) is 38.3 Å². The summed E-state index contributed by atoms with van der Waals surface area (Å²) in [4.78, 5) is 20.5. The van der Waals surface area contributed by atoms with E-state index < -0.39 is 0 Å². The summed E-state index contributed by atoms with van der Waals surface area (Å²) in [5, 5.41) is 3.22. The fourth-order valence-electron chi connectivity index (χ4n) is 3.16. The van der Waals surface area contributed by atoms with Crippen molar-refractivity contribution < 1.29 is 0 Å². The van der Waals surface area contributed by atoms with Gasteiger partial charge in [0.15, 0.2) is 5.82 Å². The van der Waals surface area contributed by atoms with Crippen LogP contribution in [0, 0.1) is 6.92 Å². The molecule has 0 amide bonds. The van der Waals surface area contributed by atoms with Crippen LogP contribution >= 0.6 is 11.3 Å². The van der Waals surface area contributed by atoms with Crippen molar-refractivity contribution in [3.63, 3.8) is 0 Å². The van der Waals surface area contributed by atoms with Crippen LogP contribution in [-0.4, -0.2) is 27.0 Å². The number of anilines is 1. The van der Waals surface area contributed by atoms with Crippen molar-refractivity contribution in [3.8, 4) is 11.4 Å². The zero-order valence-corrected chi connectivity index (χ0v) is 14.7. The first-order valence-corrected chi connectivity index (χ1v) is 9.01. The molecule has 0 saturated heterocycles. The fourth-order valence-corrected chi connectivity index (χ4v) is 3.76. The molecule has 3 aromatic rings. The van der Waals surface area contributed by atoms with Crippen LogP contribution in [0.25, 0.3) is 11.4 Å². The summed E-state index contributed by atoms with van der Waals surface area (Å²) in [6, 6.07) is 3.93. The van der Waals surface area contributed by atoms with E-state index in [0.717, 1.165) is 53.7 Å². The van der Waals surface area contributed by atoms with Crippen molar-refractivity contribution in [2.75, 3.05) is 11.9 Å². The molecule has 0 fully saturated rings. The number of thiazole rings is 1. The molecule has 3 heterocycles. The van der Waals surface area contributed by atoms with Crippen molar-refractivity contribution in [2.45, 2.75) is 32.7 Å². The molecule has 0 aromatic carbocycles. The van der Waals surface area contributed by atoms with Gasteiger partial charge in [-0.1, -0.05) is 0 Å². The number of nitrogens with zero attached hydrogens (tertiary/aromatic N) is 5. The third kappa shape index (κ3) is 2.89. The van der Waals surface area contributed by atoms with Crippen molar-refractivity contribution >= 4 is 17.2 Å². The third-order valence-electron chi connectivity index (χ3n) is 4.28. The minimum Gasteiger partial charge on any atom is -0.353 e. The molecule has 0 radical (unpaired) electrons. The van der Waals surface area contributed by atoms with Crippen LogP contribution < -0.4 is 4.90 Å². The van der Waals surface area contributed by atoms with Gasteiger partial charge in [-0.25, -0.2) is 15.0 Å². The summed E-state index contributed by atoms with van der Waals surface area (Å²) in [5.41, 5.74) is 4.59. The summed E-state index contributed by atoms with van der Waals surface area (Å²) in [6.07, 6.45) is 6.81. The molecule has 4 rings (SSSR count). The number of hydrogen-bond acceptors (Lipinski definition) is 6. The van der Waals surface area contributed by atoms with Crippen LogP contribution in [0.3, 0.4) is 0 Å². The lowest BCUT2D eigenvalue weighted by atomic mass is 10.2. The standard InChI is InChI=1S/C18H19N5S/c1-12-20-14(11-24-12)10-23(2)18-15-4-3-5-16(15)21-17(22-18)13-6-8-19-9-7-13/h6-9,11H,3-5,10H2,1-2H3. The van der Waals surface area contributed by atoms with Gasteiger partial charge < -0.3 is 4.90 Å². The average molecular weight is 337 g/mol. The van der Waals surface area contributed by atoms with Gasteiger partial charge in [0.25, 0.3) is 0 Å². The minimum atomic E-state index is 0.767. The summed E-state index contributed by atoms with van der Waals surface area (Å²) < 4.78 is 0. The lowest BCUT2D eigenvalue weighted by Gasteiger charge is -2.21. The Morgan fingerprint density at radius 2 is 1.96 bits per heavy atom. The monoisotopic (exact) mass is 337 g/mol. The number of aryl methyl sites for hydroxylation is 2. The van der Waals surface area contributed by atoms with Gasteiger partial charge in [0.05, 0.1) is 17.2 Å². The first-order chi connectivity index (χ1) is 11.7. The Bertz CT molecular complexity index is 859. The van der Waals surface area contributed by atoms with E-state index in [2.05, 4.69) is 27.3 Å². The molecule has 6 heteroatoms. The highest BCUT2D eigenvalue weighted by Gasteiger charge is 2.22. The van der Waals surface area contributed by atoms with Crippen molar-refractivity contribution in [2.24, 2.45) is 0 Å². The molecule has 122 valence electrons. The SMILES string of the molecule is Cc1nc(CN(C)c2nc(-c3ccncc3)nc3c2CCC3)cs1. The van der Waals surface area contributed by atoms with Crippen LogP contribution in [0.2, 0.25) is 0 Å². The highest BCUT2D eigenvalue weighted by atomic mass is 32.1. The maximum Gasteiger partial charge on any atom is 0.161 e. The van der Waals surface area contributed by atoms with E-state index in [0.29, 0.717) is 0 Å². The van der Waals surface area contributed by atoms with Gasteiger partial charge in [0.1, 0.15) is 5.82 Å². The molecule has 1 aliphatic carbocycles. The fraction of sp³-hybridized carbons (Fsp3) is 0.333. The van der Waals surface area contributed by atoms with Crippen LogP contribution in [-0.2, 0) is 19.4 Å². The molecule has 0 unspecified atom stereocenters. The van der Waals surface area contributed by atoms with Gasteiger partial charge >= 0.3 is 0 Å². The predicted molar refractivity (Wildman–Crippen MR) is 96.2 cm³/mol. The van der Waals surface area contributed by atoms with E-state index in [1.54, 1.807) is 23.7 Å². The molecule has 0 saturated carbocycles. The summed E-state index contributed by atoms with van der Waals surface area (Å²) in [7, 11) is 2.09. The van der Waals surface area contributed by atoms with Gasteiger partial charge in [-0.2, -0.15) is 0 Å². The highest BCUT2D eigenvalue weighted by Crippen LogP contribution is 2.31. The van der Waals surface area contributed by atoms with Crippen LogP contribution in [0.15, 0.2) is 29.9 Å². The van der Waals surface area contributed by atoms with Gasteiger partial charge in [0, 0.05) is 41.6 Å². The van der Waals surface area contributed by atoms with Gasteiger partial charge in [-0.3, -0.25) is 4.98 Å². The maximum atomic E-state index is 4.88.